The van der Waals surface area contributed by atoms with Gasteiger partial charge >= 0.3 is 5.56 Å². The fraction of sp³-hybridized carbons (Fsp3) is 0.233. The van der Waals surface area contributed by atoms with Gasteiger partial charge in [0.25, 0.3) is 0 Å². The second-order valence-corrected chi connectivity index (χ2v) is 9.43. The first-order valence-electron chi connectivity index (χ1n) is 12.7. The van der Waals surface area contributed by atoms with Gasteiger partial charge in [0.05, 0.1) is 24.6 Å². The minimum absolute atomic E-state index is 0.181. The summed E-state index contributed by atoms with van der Waals surface area (Å²) in [4.78, 5) is 25.5. The smallest absolute Gasteiger partial charge is 0.301 e. The van der Waals surface area contributed by atoms with E-state index in [1.807, 2.05) is 54.9 Å². The molecule has 38 heavy (non-hydrogen) atoms. The molecule has 6 rings (SSSR count). The molecule has 0 bridgehead atoms. The molecule has 2 aliphatic heterocycles. The second kappa shape index (κ2) is 10.6. The van der Waals surface area contributed by atoms with Gasteiger partial charge in [-0.1, -0.05) is 42.5 Å². The Balaban J connectivity index is 1.33. The highest BCUT2D eigenvalue weighted by molar-refractivity contribution is 6.04. The summed E-state index contributed by atoms with van der Waals surface area (Å²) in [6.45, 7) is 3.08. The van der Waals surface area contributed by atoms with Crippen LogP contribution in [0.1, 0.15) is 23.2 Å². The Morgan fingerprint density at radius 3 is 2.53 bits per heavy atom. The summed E-state index contributed by atoms with van der Waals surface area (Å²) in [5.41, 5.74) is 5.34. The van der Waals surface area contributed by atoms with Gasteiger partial charge in [-0.05, 0) is 47.4 Å². The molecule has 0 unspecified atom stereocenters. The Kier molecular flexibility index (Phi) is 6.71. The number of fused-ring (bicyclic) bond motifs is 1. The number of halogens is 1. The molecule has 2 aromatic carbocycles. The van der Waals surface area contributed by atoms with Crippen LogP contribution in [0.4, 0.5) is 10.1 Å². The first-order valence-corrected chi connectivity index (χ1v) is 12.7. The summed E-state index contributed by atoms with van der Waals surface area (Å²) in [7, 11) is 0. The van der Waals surface area contributed by atoms with Gasteiger partial charge < -0.3 is 14.4 Å². The molecule has 7 nitrogen and oxygen atoms in total. The minimum Gasteiger partial charge on any atom is -0.481 e. The molecule has 1 fully saturated rings. The average Bonchev–Trinajstić information content (AvgIpc) is 3.43. The average molecular weight is 511 g/mol. The minimum atomic E-state index is -0.272. The number of nitrogens with zero attached hydrogens (tertiary/aromatic N) is 4. The van der Waals surface area contributed by atoms with Crippen molar-refractivity contribution in [1.82, 2.24) is 9.38 Å². The van der Waals surface area contributed by atoms with Gasteiger partial charge in [-0.3, -0.25) is 14.2 Å². The van der Waals surface area contributed by atoms with Crippen LogP contribution in [-0.4, -0.2) is 41.4 Å². The summed E-state index contributed by atoms with van der Waals surface area (Å²) in [6, 6.07) is 20.0. The summed E-state index contributed by atoms with van der Waals surface area (Å²) in [5, 5.41) is 0. The number of pyridine rings is 1. The van der Waals surface area contributed by atoms with Crippen molar-refractivity contribution in [3.63, 3.8) is 0 Å². The third kappa shape index (κ3) is 5.08. The van der Waals surface area contributed by atoms with Crippen molar-refractivity contribution in [1.29, 1.82) is 0 Å². The summed E-state index contributed by atoms with van der Waals surface area (Å²) in [5.74, 6) is -0.0791. The van der Waals surface area contributed by atoms with E-state index in [0.717, 1.165) is 35.5 Å². The first kappa shape index (κ1) is 24.1. The topological polar surface area (TPSA) is 68.4 Å². The number of aliphatic imine (C=N–C) groups is 1. The van der Waals surface area contributed by atoms with Gasteiger partial charge in [-0.25, -0.2) is 9.37 Å². The molecule has 0 aliphatic carbocycles. The lowest BCUT2D eigenvalue weighted by Gasteiger charge is -2.28. The highest BCUT2D eigenvalue weighted by Crippen LogP contribution is 2.26. The number of morpholine rings is 1. The lowest BCUT2D eigenvalue weighted by molar-refractivity contribution is 0.122. The van der Waals surface area contributed by atoms with Gasteiger partial charge in [-0.2, -0.15) is 0 Å². The van der Waals surface area contributed by atoms with Crippen LogP contribution in [0.25, 0.3) is 5.65 Å². The molecule has 0 atom stereocenters. The lowest BCUT2D eigenvalue weighted by atomic mass is 10.0. The Morgan fingerprint density at radius 2 is 1.74 bits per heavy atom. The number of rotatable bonds is 7. The van der Waals surface area contributed by atoms with E-state index in [-0.39, 0.29) is 23.7 Å². The van der Waals surface area contributed by atoms with Crippen molar-refractivity contribution in [2.45, 2.75) is 19.4 Å². The summed E-state index contributed by atoms with van der Waals surface area (Å²) in [6.07, 6.45) is 4.81. The maximum absolute atomic E-state index is 13.8. The molecule has 4 aromatic rings. The van der Waals surface area contributed by atoms with Gasteiger partial charge in [0.2, 0.25) is 5.75 Å². The Morgan fingerprint density at radius 1 is 0.947 bits per heavy atom. The van der Waals surface area contributed by atoms with Gasteiger partial charge in [-0.15, -0.1) is 0 Å². The highest BCUT2D eigenvalue weighted by Gasteiger charge is 2.23. The van der Waals surface area contributed by atoms with E-state index in [0.29, 0.717) is 43.1 Å². The van der Waals surface area contributed by atoms with Crippen molar-refractivity contribution in [3.05, 3.63) is 118 Å². The third-order valence-corrected chi connectivity index (χ3v) is 6.78. The predicted molar refractivity (Wildman–Crippen MR) is 145 cm³/mol. The Bertz CT molecular complexity index is 1570. The Hall–Kier alpha value is -4.30. The van der Waals surface area contributed by atoms with Crippen LogP contribution in [0.5, 0.6) is 5.75 Å². The molecule has 8 heteroatoms. The van der Waals surface area contributed by atoms with Crippen LogP contribution in [-0.2, 0) is 17.8 Å². The zero-order valence-electron chi connectivity index (χ0n) is 20.8. The quantitative estimate of drug-likeness (QED) is 0.364. The monoisotopic (exact) mass is 510 g/mol. The van der Waals surface area contributed by atoms with Gasteiger partial charge in [0.15, 0.2) is 0 Å². The number of anilines is 1. The SMILES string of the molecule is O=c1c(OCc2ccccc2)c(C2=NC=C(Cc3ccc(F)cc3)C2)nc2ccc(N3CCOCC3)cn12. The molecule has 0 N–H and O–H groups in total. The van der Waals surface area contributed by atoms with E-state index < -0.39 is 0 Å². The molecule has 192 valence electrons. The van der Waals surface area contributed by atoms with Crippen LogP contribution in [0.2, 0.25) is 0 Å². The van der Waals surface area contributed by atoms with Crippen molar-refractivity contribution in [3.8, 4) is 5.75 Å². The van der Waals surface area contributed by atoms with Crippen LogP contribution >= 0.6 is 0 Å². The highest BCUT2D eigenvalue weighted by atomic mass is 19.1. The maximum Gasteiger partial charge on any atom is 0.301 e. The molecule has 0 saturated carbocycles. The molecular formula is C30H27FN4O3. The molecule has 0 spiro atoms. The van der Waals surface area contributed by atoms with Crippen LogP contribution < -0.4 is 15.2 Å². The fourth-order valence-electron chi connectivity index (χ4n) is 4.77. The molecule has 2 aliphatic rings. The van der Waals surface area contributed by atoms with Gasteiger partial charge in [0.1, 0.15) is 23.8 Å². The van der Waals surface area contributed by atoms with Crippen LogP contribution in [0, 0.1) is 5.82 Å². The molecule has 0 radical (unpaired) electrons. The molecule has 2 aromatic heterocycles. The third-order valence-electron chi connectivity index (χ3n) is 6.78. The zero-order chi connectivity index (χ0) is 25.9. The van der Waals surface area contributed by atoms with E-state index in [1.54, 1.807) is 16.5 Å². The van der Waals surface area contributed by atoms with Crippen molar-refractivity contribution in [2.24, 2.45) is 4.99 Å². The van der Waals surface area contributed by atoms with E-state index in [1.165, 1.54) is 12.1 Å². The summed E-state index contributed by atoms with van der Waals surface area (Å²) >= 11 is 0. The first-order chi connectivity index (χ1) is 18.6. The number of hydrogen-bond acceptors (Lipinski definition) is 6. The second-order valence-electron chi connectivity index (χ2n) is 9.43. The van der Waals surface area contributed by atoms with E-state index in [4.69, 9.17) is 14.5 Å². The normalized spacial score (nSPS) is 15.4. The molecule has 4 heterocycles. The predicted octanol–water partition coefficient (Wildman–Crippen LogP) is 4.57. The van der Waals surface area contributed by atoms with Crippen molar-refractivity contribution < 1.29 is 13.9 Å². The van der Waals surface area contributed by atoms with Crippen LogP contribution in [0.15, 0.2) is 94.5 Å². The molecular weight excluding hydrogens is 483 g/mol. The van der Waals surface area contributed by atoms with Gasteiger partial charge in [0, 0.05) is 31.9 Å². The lowest BCUT2D eigenvalue weighted by Crippen LogP contribution is -2.36. The zero-order valence-corrected chi connectivity index (χ0v) is 20.8. The standard InChI is InChI=1S/C30H27FN4O3/c31-24-8-6-21(7-9-24)16-23-17-26(32-18-23)28-29(38-20-22-4-2-1-3-5-22)30(36)35-19-25(10-11-27(35)33-28)34-12-14-37-15-13-34/h1-11,18-19H,12-17,20H2. The van der Waals surface area contributed by atoms with Crippen LogP contribution in [0.3, 0.4) is 0 Å². The number of hydrogen-bond donors (Lipinski definition) is 0. The number of allylic oxidation sites excluding steroid dienone is 1. The maximum atomic E-state index is 13.8. The van der Waals surface area contributed by atoms with Crippen molar-refractivity contribution in [2.75, 3.05) is 31.2 Å². The molecule has 0 amide bonds. The largest absolute Gasteiger partial charge is 0.481 e. The molecule has 1 saturated heterocycles. The fourth-order valence-corrected chi connectivity index (χ4v) is 4.77. The van der Waals surface area contributed by atoms with E-state index in [9.17, 15) is 9.18 Å². The summed E-state index contributed by atoms with van der Waals surface area (Å²) < 4.78 is 26.5. The Labute approximate surface area is 219 Å². The number of benzene rings is 2. The van der Waals surface area contributed by atoms with E-state index >= 15 is 0 Å². The number of aromatic nitrogens is 2. The van der Waals surface area contributed by atoms with Crippen molar-refractivity contribution >= 4 is 17.0 Å². The number of ether oxygens (including phenoxy) is 2. The van der Waals surface area contributed by atoms with E-state index in [2.05, 4.69) is 9.89 Å².